The van der Waals surface area contributed by atoms with E-state index in [9.17, 15) is 4.79 Å². The molecule has 7 nitrogen and oxygen atoms in total. The normalized spacial score (nSPS) is 15.4. The lowest BCUT2D eigenvalue weighted by Gasteiger charge is -2.34. The summed E-state index contributed by atoms with van der Waals surface area (Å²) < 4.78 is 0. The molecule has 0 unspecified atom stereocenters. The SMILES string of the molecule is NC(=O)N1CCN(c2ccnc(-c3nccs3)n2)CC1. The Morgan fingerprint density at radius 3 is 2.65 bits per heavy atom. The number of anilines is 1. The fraction of sp³-hybridized carbons (Fsp3) is 0.333. The maximum Gasteiger partial charge on any atom is 0.314 e. The van der Waals surface area contributed by atoms with Gasteiger partial charge in [-0.1, -0.05) is 0 Å². The largest absolute Gasteiger partial charge is 0.353 e. The Morgan fingerprint density at radius 2 is 2.00 bits per heavy atom. The number of aromatic nitrogens is 3. The zero-order valence-corrected chi connectivity index (χ0v) is 11.6. The molecule has 0 saturated carbocycles. The van der Waals surface area contributed by atoms with Crippen LogP contribution in [-0.4, -0.2) is 52.1 Å². The minimum Gasteiger partial charge on any atom is -0.353 e. The van der Waals surface area contributed by atoms with Crippen molar-refractivity contribution in [2.75, 3.05) is 31.1 Å². The number of urea groups is 1. The number of carbonyl (C=O) groups excluding carboxylic acids is 1. The molecule has 2 aromatic heterocycles. The lowest BCUT2D eigenvalue weighted by Crippen LogP contribution is -2.50. The van der Waals surface area contributed by atoms with Crippen molar-refractivity contribution in [2.45, 2.75) is 0 Å². The molecule has 0 radical (unpaired) electrons. The van der Waals surface area contributed by atoms with Crippen molar-refractivity contribution in [2.24, 2.45) is 5.73 Å². The molecular formula is C12H14N6OS. The van der Waals surface area contributed by atoms with Crippen LogP contribution in [0.3, 0.4) is 0 Å². The minimum absolute atomic E-state index is 0.365. The Hall–Kier alpha value is -2.22. The van der Waals surface area contributed by atoms with E-state index in [0.29, 0.717) is 18.9 Å². The summed E-state index contributed by atoms with van der Waals surface area (Å²) in [4.78, 5) is 27.9. The van der Waals surface area contributed by atoms with Crippen LogP contribution in [-0.2, 0) is 0 Å². The van der Waals surface area contributed by atoms with Crippen LogP contribution in [0.15, 0.2) is 23.8 Å². The first kappa shape index (κ1) is 12.8. The Bertz CT molecular complexity index is 594. The molecule has 1 aliphatic rings. The van der Waals surface area contributed by atoms with E-state index in [2.05, 4.69) is 19.9 Å². The number of carbonyl (C=O) groups is 1. The van der Waals surface area contributed by atoms with Gasteiger partial charge in [0, 0.05) is 44.0 Å². The van der Waals surface area contributed by atoms with Crippen molar-refractivity contribution in [3.05, 3.63) is 23.8 Å². The maximum atomic E-state index is 11.1. The van der Waals surface area contributed by atoms with Gasteiger partial charge in [-0.05, 0) is 6.07 Å². The predicted molar refractivity (Wildman–Crippen MR) is 76.5 cm³/mol. The lowest BCUT2D eigenvalue weighted by atomic mass is 10.3. The van der Waals surface area contributed by atoms with Crippen molar-refractivity contribution < 1.29 is 4.79 Å². The molecule has 2 aromatic rings. The third-order valence-electron chi connectivity index (χ3n) is 3.18. The van der Waals surface area contributed by atoms with E-state index >= 15 is 0 Å². The third-order valence-corrected chi connectivity index (χ3v) is 3.95. The molecular weight excluding hydrogens is 276 g/mol. The van der Waals surface area contributed by atoms with Crippen LogP contribution in [0.2, 0.25) is 0 Å². The Kier molecular flexibility index (Phi) is 3.46. The van der Waals surface area contributed by atoms with E-state index < -0.39 is 0 Å². The van der Waals surface area contributed by atoms with Gasteiger partial charge in [-0.3, -0.25) is 0 Å². The molecule has 2 amide bonds. The number of hydrogen-bond donors (Lipinski definition) is 1. The molecule has 0 bridgehead atoms. The highest BCUT2D eigenvalue weighted by molar-refractivity contribution is 7.12. The Labute approximate surface area is 120 Å². The topological polar surface area (TPSA) is 88.2 Å². The molecule has 1 saturated heterocycles. The number of nitrogens with zero attached hydrogens (tertiary/aromatic N) is 5. The van der Waals surface area contributed by atoms with Gasteiger partial charge in [-0.25, -0.2) is 19.7 Å². The number of piperazine rings is 1. The number of amides is 2. The van der Waals surface area contributed by atoms with E-state index in [-0.39, 0.29) is 6.03 Å². The molecule has 0 aromatic carbocycles. The van der Waals surface area contributed by atoms with Crippen LogP contribution in [0.4, 0.5) is 10.6 Å². The molecule has 8 heteroatoms. The van der Waals surface area contributed by atoms with Crippen LogP contribution in [0, 0.1) is 0 Å². The van der Waals surface area contributed by atoms with E-state index in [1.807, 2.05) is 11.4 Å². The average molecular weight is 290 g/mol. The third kappa shape index (κ3) is 2.55. The smallest absolute Gasteiger partial charge is 0.314 e. The van der Waals surface area contributed by atoms with Gasteiger partial charge in [-0.2, -0.15) is 0 Å². The summed E-state index contributed by atoms with van der Waals surface area (Å²) in [6, 6.07) is 1.51. The highest BCUT2D eigenvalue weighted by Gasteiger charge is 2.20. The standard InChI is InChI=1S/C12H14N6OS/c13-12(19)18-6-4-17(5-7-18)9-1-2-14-10(16-9)11-15-3-8-20-11/h1-3,8H,4-7H2,(H2,13,19). The van der Waals surface area contributed by atoms with Crippen molar-refractivity contribution in [1.29, 1.82) is 0 Å². The van der Waals surface area contributed by atoms with Gasteiger partial charge < -0.3 is 15.5 Å². The quantitative estimate of drug-likeness (QED) is 0.884. The van der Waals surface area contributed by atoms with E-state index in [4.69, 9.17) is 5.73 Å². The summed E-state index contributed by atoms with van der Waals surface area (Å²) in [7, 11) is 0. The molecule has 1 fully saturated rings. The minimum atomic E-state index is -0.365. The first-order chi connectivity index (χ1) is 9.74. The highest BCUT2D eigenvalue weighted by atomic mass is 32.1. The summed E-state index contributed by atoms with van der Waals surface area (Å²) in [6.07, 6.45) is 3.47. The van der Waals surface area contributed by atoms with Crippen LogP contribution in [0.5, 0.6) is 0 Å². The van der Waals surface area contributed by atoms with Gasteiger partial charge in [0.1, 0.15) is 5.82 Å². The highest BCUT2D eigenvalue weighted by Crippen LogP contribution is 2.20. The number of rotatable bonds is 2. The van der Waals surface area contributed by atoms with Crippen molar-refractivity contribution in [3.8, 4) is 10.8 Å². The van der Waals surface area contributed by atoms with E-state index in [1.165, 1.54) is 11.3 Å². The van der Waals surface area contributed by atoms with Gasteiger partial charge in [0.2, 0.25) is 0 Å². The molecule has 2 N–H and O–H groups in total. The van der Waals surface area contributed by atoms with Gasteiger partial charge in [0.25, 0.3) is 0 Å². The second-order valence-electron chi connectivity index (χ2n) is 4.39. The first-order valence-electron chi connectivity index (χ1n) is 6.26. The molecule has 0 atom stereocenters. The summed E-state index contributed by atoms with van der Waals surface area (Å²) in [5.41, 5.74) is 5.28. The zero-order chi connectivity index (χ0) is 13.9. The molecule has 0 aliphatic carbocycles. The van der Waals surface area contributed by atoms with Crippen LogP contribution in [0.25, 0.3) is 10.8 Å². The zero-order valence-electron chi connectivity index (χ0n) is 10.8. The second-order valence-corrected chi connectivity index (χ2v) is 5.28. The Morgan fingerprint density at radius 1 is 1.20 bits per heavy atom. The molecule has 20 heavy (non-hydrogen) atoms. The summed E-state index contributed by atoms with van der Waals surface area (Å²) >= 11 is 1.51. The second kappa shape index (κ2) is 5.41. The number of nitrogens with two attached hydrogens (primary N) is 1. The number of primary amides is 1. The van der Waals surface area contributed by atoms with Crippen molar-refractivity contribution in [3.63, 3.8) is 0 Å². The van der Waals surface area contributed by atoms with Crippen molar-refractivity contribution in [1.82, 2.24) is 19.9 Å². The van der Waals surface area contributed by atoms with Gasteiger partial charge >= 0.3 is 6.03 Å². The number of hydrogen-bond acceptors (Lipinski definition) is 6. The summed E-state index contributed by atoms with van der Waals surface area (Å²) in [5, 5.41) is 2.71. The molecule has 104 valence electrons. The first-order valence-corrected chi connectivity index (χ1v) is 7.14. The van der Waals surface area contributed by atoms with E-state index in [0.717, 1.165) is 23.9 Å². The molecule has 0 spiro atoms. The monoisotopic (exact) mass is 290 g/mol. The van der Waals surface area contributed by atoms with Crippen molar-refractivity contribution >= 4 is 23.2 Å². The lowest BCUT2D eigenvalue weighted by molar-refractivity contribution is 0.204. The molecule has 1 aliphatic heterocycles. The van der Waals surface area contributed by atoms with Gasteiger partial charge in [-0.15, -0.1) is 11.3 Å². The van der Waals surface area contributed by atoms with E-state index in [1.54, 1.807) is 17.3 Å². The van der Waals surface area contributed by atoms with Crippen LogP contribution >= 0.6 is 11.3 Å². The molecule has 3 rings (SSSR count). The van der Waals surface area contributed by atoms with Crippen LogP contribution < -0.4 is 10.6 Å². The van der Waals surface area contributed by atoms with Gasteiger partial charge in [0.15, 0.2) is 10.8 Å². The average Bonchev–Trinajstić information content (AvgIpc) is 3.02. The predicted octanol–water partition coefficient (Wildman–Crippen LogP) is 0.801. The van der Waals surface area contributed by atoms with Gasteiger partial charge in [0.05, 0.1) is 0 Å². The summed E-state index contributed by atoms with van der Waals surface area (Å²) in [6.45, 7) is 2.67. The molecule has 3 heterocycles. The fourth-order valence-electron chi connectivity index (χ4n) is 2.12. The fourth-order valence-corrected chi connectivity index (χ4v) is 2.69. The number of thiazole rings is 1. The maximum absolute atomic E-state index is 11.1. The Balaban J connectivity index is 1.75. The summed E-state index contributed by atoms with van der Waals surface area (Å²) in [5.74, 6) is 1.49. The van der Waals surface area contributed by atoms with Crippen LogP contribution in [0.1, 0.15) is 0 Å².